The summed E-state index contributed by atoms with van der Waals surface area (Å²) in [6, 6.07) is 25.4. The lowest BCUT2D eigenvalue weighted by Crippen LogP contribution is -2.48. The number of amides is 2. The minimum atomic E-state index is -0.668. The molecule has 0 radical (unpaired) electrons. The van der Waals surface area contributed by atoms with Crippen LogP contribution in [0.25, 0.3) is 11.3 Å². The molecule has 4 aromatic rings. The Kier molecular flexibility index (Phi) is 5.32. The summed E-state index contributed by atoms with van der Waals surface area (Å²) in [5.41, 5.74) is 3.13. The molecule has 0 saturated heterocycles. The lowest BCUT2D eigenvalue weighted by Gasteiger charge is -2.35. The number of nitrogens with one attached hydrogen (secondary N) is 1. The molecule has 1 aromatic heterocycles. The first kappa shape index (κ1) is 20.8. The molecular formula is C26H23N3O4. The zero-order chi connectivity index (χ0) is 22.9. The minimum Gasteiger partial charge on any atom is -0.406 e. The fraction of sp³-hybridized carbons (Fsp3) is 0.154. The van der Waals surface area contributed by atoms with Crippen LogP contribution in [0.1, 0.15) is 31.2 Å². The molecular weight excluding hydrogens is 418 g/mol. The molecule has 2 heterocycles. The van der Waals surface area contributed by atoms with Crippen molar-refractivity contribution in [3.05, 3.63) is 107 Å². The third kappa shape index (κ3) is 3.72. The molecule has 7 heteroatoms. The van der Waals surface area contributed by atoms with Gasteiger partial charge in [-0.05, 0) is 32.0 Å². The molecule has 0 bridgehead atoms. The zero-order valence-electron chi connectivity index (χ0n) is 18.3. The Balaban J connectivity index is 1.72. The first-order valence-corrected chi connectivity index (χ1v) is 10.8. The van der Waals surface area contributed by atoms with Gasteiger partial charge in [0.25, 0.3) is 0 Å². The first-order valence-electron chi connectivity index (χ1n) is 10.8. The molecule has 1 N–H and O–H groups in total. The molecule has 166 valence electrons. The molecule has 3 aromatic carbocycles. The number of rotatable bonds is 4. The van der Waals surface area contributed by atoms with Crippen LogP contribution in [0.4, 0.5) is 16.2 Å². The fourth-order valence-electron chi connectivity index (χ4n) is 4.06. The summed E-state index contributed by atoms with van der Waals surface area (Å²) in [4.78, 5) is 26.7. The molecule has 0 aliphatic carbocycles. The van der Waals surface area contributed by atoms with Crippen molar-refractivity contribution in [3.63, 3.8) is 0 Å². The second kappa shape index (κ2) is 8.44. The number of para-hydroxylation sites is 2. The largest absolute Gasteiger partial charge is 0.439 e. The van der Waals surface area contributed by atoms with E-state index < -0.39 is 17.9 Å². The Bertz CT molecular complexity index is 1340. The number of carbonyl (C=O) groups is 1. The Morgan fingerprint density at radius 3 is 2.27 bits per heavy atom. The van der Waals surface area contributed by atoms with Crippen molar-refractivity contribution < 1.29 is 13.9 Å². The number of nitrogens with zero attached hydrogens (tertiary/aromatic N) is 2. The van der Waals surface area contributed by atoms with E-state index in [1.807, 2.05) is 80.6 Å². The minimum absolute atomic E-state index is 0.130. The summed E-state index contributed by atoms with van der Waals surface area (Å²) in [7, 11) is 0. The normalized spacial score (nSPS) is 14.6. The van der Waals surface area contributed by atoms with Gasteiger partial charge in [-0.2, -0.15) is 9.69 Å². The highest BCUT2D eigenvalue weighted by Gasteiger charge is 2.40. The van der Waals surface area contributed by atoms with Gasteiger partial charge in [-0.15, -0.1) is 0 Å². The molecule has 33 heavy (non-hydrogen) atoms. The van der Waals surface area contributed by atoms with E-state index in [-0.39, 0.29) is 6.10 Å². The van der Waals surface area contributed by atoms with Crippen LogP contribution in [0.5, 0.6) is 0 Å². The maximum Gasteiger partial charge on any atom is 0.439 e. The fourth-order valence-corrected chi connectivity index (χ4v) is 4.06. The Hall–Kier alpha value is -4.10. The topological polar surface area (TPSA) is 76.7 Å². The zero-order valence-corrected chi connectivity index (χ0v) is 18.3. The Morgan fingerprint density at radius 1 is 0.939 bits per heavy atom. The van der Waals surface area contributed by atoms with E-state index in [0.717, 1.165) is 11.1 Å². The summed E-state index contributed by atoms with van der Waals surface area (Å²) in [6.45, 7) is 3.86. The van der Waals surface area contributed by atoms with Crippen LogP contribution in [0, 0.1) is 0 Å². The van der Waals surface area contributed by atoms with E-state index in [9.17, 15) is 9.59 Å². The molecule has 0 fully saturated rings. The maximum absolute atomic E-state index is 13.5. The number of urea groups is 1. The quantitative estimate of drug-likeness (QED) is 0.458. The average molecular weight is 441 g/mol. The highest BCUT2D eigenvalue weighted by molar-refractivity contribution is 6.02. The summed E-state index contributed by atoms with van der Waals surface area (Å²) >= 11 is 0. The molecule has 1 unspecified atom stereocenters. The highest BCUT2D eigenvalue weighted by atomic mass is 16.5. The van der Waals surface area contributed by atoms with Gasteiger partial charge in [-0.25, -0.2) is 9.59 Å². The number of ether oxygens (including phenoxy) is 1. The van der Waals surface area contributed by atoms with Crippen LogP contribution < -0.4 is 16.1 Å². The molecule has 7 nitrogen and oxygen atoms in total. The highest BCUT2D eigenvalue weighted by Crippen LogP contribution is 2.43. The van der Waals surface area contributed by atoms with Crippen molar-refractivity contribution in [1.29, 1.82) is 0 Å². The first-order chi connectivity index (χ1) is 16.0. The van der Waals surface area contributed by atoms with E-state index in [0.29, 0.717) is 22.8 Å². The number of oxazole rings is 1. The van der Waals surface area contributed by atoms with E-state index in [1.54, 1.807) is 18.2 Å². The molecule has 1 atom stereocenters. The molecule has 1 aliphatic rings. The molecule has 0 saturated carbocycles. The number of hydrogen-bond donors (Lipinski definition) is 1. The van der Waals surface area contributed by atoms with Gasteiger partial charge in [-0.3, -0.25) is 0 Å². The van der Waals surface area contributed by atoms with E-state index in [2.05, 4.69) is 5.32 Å². The van der Waals surface area contributed by atoms with Crippen LogP contribution in [0.15, 0.2) is 94.1 Å². The smallest absolute Gasteiger partial charge is 0.406 e. The van der Waals surface area contributed by atoms with Gasteiger partial charge in [0.05, 0.1) is 11.8 Å². The molecule has 0 spiro atoms. The van der Waals surface area contributed by atoms with Crippen molar-refractivity contribution in [2.75, 3.05) is 10.3 Å². The number of benzene rings is 3. The van der Waals surface area contributed by atoms with Gasteiger partial charge in [0, 0.05) is 16.8 Å². The summed E-state index contributed by atoms with van der Waals surface area (Å²) < 4.78 is 13.3. The third-order valence-electron chi connectivity index (χ3n) is 5.38. The summed E-state index contributed by atoms with van der Waals surface area (Å²) in [6.07, 6.45) is -0.724. The van der Waals surface area contributed by atoms with Gasteiger partial charge in [0.1, 0.15) is 11.8 Å². The van der Waals surface area contributed by atoms with Gasteiger partial charge in [0.2, 0.25) is 0 Å². The lowest BCUT2D eigenvalue weighted by molar-refractivity contribution is 0.0249. The number of anilines is 2. The van der Waals surface area contributed by atoms with E-state index in [4.69, 9.17) is 9.15 Å². The van der Waals surface area contributed by atoms with Crippen molar-refractivity contribution in [3.8, 4) is 11.3 Å². The van der Waals surface area contributed by atoms with Gasteiger partial charge in [-0.1, -0.05) is 66.7 Å². The van der Waals surface area contributed by atoms with Gasteiger partial charge < -0.3 is 14.5 Å². The van der Waals surface area contributed by atoms with Crippen molar-refractivity contribution in [2.45, 2.75) is 26.1 Å². The Morgan fingerprint density at radius 2 is 1.58 bits per heavy atom. The number of fused-ring (bicyclic) bond motifs is 2. The molecule has 5 rings (SSSR count). The van der Waals surface area contributed by atoms with Crippen LogP contribution in [0.2, 0.25) is 0 Å². The number of hydrogen-bond acceptors (Lipinski definition) is 4. The van der Waals surface area contributed by atoms with Crippen molar-refractivity contribution in [2.24, 2.45) is 0 Å². The van der Waals surface area contributed by atoms with Gasteiger partial charge in [0.15, 0.2) is 5.76 Å². The predicted octanol–water partition coefficient (Wildman–Crippen LogP) is 5.44. The average Bonchev–Trinajstić information content (AvgIpc) is 3.17. The monoisotopic (exact) mass is 441 g/mol. The SMILES string of the molecule is CC(C)OC1c2ccccc2N(C(=O)Nc2ccccc2)n2c1c(-c1ccccc1)oc2=O. The van der Waals surface area contributed by atoms with Crippen LogP contribution in [-0.2, 0) is 4.74 Å². The number of aromatic nitrogens is 1. The summed E-state index contributed by atoms with van der Waals surface area (Å²) in [5.74, 6) is -0.294. The Labute approximate surface area is 190 Å². The van der Waals surface area contributed by atoms with E-state index >= 15 is 0 Å². The van der Waals surface area contributed by atoms with Crippen LogP contribution >= 0.6 is 0 Å². The number of carbonyl (C=O) groups excluding carboxylic acids is 1. The lowest BCUT2D eigenvalue weighted by atomic mass is 9.98. The van der Waals surface area contributed by atoms with E-state index in [1.165, 1.54) is 9.69 Å². The third-order valence-corrected chi connectivity index (χ3v) is 5.38. The second-order valence-electron chi connectivity index (χ2n) is 7.99. The second-order valence-corrected chi connectivity index (χ2v) is 7.99. The standard InChI is InChI=1S/C26H23N3O4/c1-17(2)32-24-20-15-9-10-16-21(20)28(25(30)27-19-13-7-4-8-14-19)29-22(24)23(33-26(29)31)18-11-5-3-6-12-18/h3-17,24H,1-2H3,(H,27,30). The molecule has 1 aliphatic heterocycles. The van der Waals surface area contributed by atoms with Crippen LogP contribution in [0.3, 0.4) is 0 Å². The summed E-state index contributed by atoms with van der Waals surface area (Å²) in [5, 5.41) is 4.19. The van der Waals surface area contributed by atoms with Gasteiger partial charge >= 0.3 is 11.8 Å². The van der Waals surface area contributed by atoms with Crippen molar-refractivity contribution >= 4 is 17.4 Å². The molecule has 2 amide bonds. The van der Waals surface area contributed by atoms with Crippen molar-refractivity contribution in [1.82, 2.24) is 4.68 Å². The predicted molar refractivity (Wildman–Crippen MR) is 126 cm³/mol. The maximum atomic E-state index is 13.5. The van der Waals surface area contributed by atoms with Crippen LogP contribution in [-0.4, -0.2) is 16.8 Å².